The van der Waals surface area contributed by atoms with Crippen LogP contribution in [-0.2, 0) is 29.2 Å². The van der Waals surface area contributed by atoms with Crippen LogP contribution in [0.25, 0.3) is 0 Å². The Bertz CT molecular complexity index is 574. The molecule has 0 spiro atoms. The van der Waals surface area contributed by atoms with Crippen LogP contribution in [0.15, 0.2) is 10.1 Å². The normalized spacial score (nSPS) is 39.9. The van der Waals surface area contributed by atoms with E-state index in [-0.39, 0.29) is 29.6 Å². The predicted molar refractivity (Wildman–Crippen MR) is 110 cm³/mol. The highest BCUT2D eigenvalue weighted by molar-refractivity contribution is 7.75. The first-order valence-electron chi connectivity index (χ1n) is 8.23. The van der Waals surface area contributed by atoms with Crippen LogP contribution in [0.3, 0.4) is 0 Å². The quantitative estimate of drug-likeness (QED) is 0.378. The lowest BCUT2D eigenvalue weighted by Gasteiger charge is -2.33. The van der Waals surface area contributed by atoms with Gasteiger partial charge in [-0.05, 0) is 20.8 Å². The van der Waals surface area contributed by atoms with E-state index in [1.165, 1.54) is 0 Å². The van der Waals surface area contributed by atoms with E-state index in [1.54, 1.807) is 0 Å². The fraction of sp³-hybridized carbons (Fsp3) is 0.867. The second-order valence-electron chi connectivity index (χ2n) is 6.09. The molecular formula is C15H20Cl6O5S. The summed E-state index contributed by atoms with van der Waals surface area (Å²) in [6.07, 6.45) is -0.0370. The van der Waals surface area contributed by atoms with E-state index in [0.29, 0.717) is 0 Å². The van der Waals surface area contributed by atoms with E-state index < -0.39 is 37.3 Å². The Morgan fingerprint density at radius 1 is 1.00 bits per heavy atom. The highest BCUT2D eigenvalue weighted by Gasteiger charge is 2.82. The molecule has 0 amide bonds. The lowest BCUT2D eigenvalue weighted by molar-refractivity contribution is -0.123. The van der Waals surface area contributed by atoms with Gasteiger partial charge in [-0.3, -0.25) is 8.37 Å². The number of allylic oxidation sites excluding steroid dienone is 2. The van der Waals surface area contributed by atoms with Gasteiger partial charge in [-0.1, -0.05) is 46.4 Å². The molecule has 3 rings (SSSR count). The first-order chi connectivity index (χ1) is 12.5. The van der Waals surface area contributed by atoms with Crippen LogP contribution in [-0.4, -0.2) is 51.0 Å². The molecule has 2 bridgehead atoms. The molecule has 0 radical (unpaired) electrons. The smallest absolute Gasteiger partial charge is 0.304 e. The largest absolute Gasteiger partial charge is 0.353 e. The summed E-state index contributed by atoms with van der Waals surface area (Å²) in [7, 11) is 0. The van der Waals surface area contributed by atoms with Gasteiger partial charge < -0.3 is 9.47 Å². The average molecular weight is 525 g/mol. The molecule has 3 aliphatic rings. The van der Waals surface area contributed by atoms with Gasteiger partial charge in [0, 0.05) is 25.0 Å². The highest BCUT2D eigenvalue weighted by atomic mass is 35.5. The second kappa shape index (κ2) is 9.31. The van der Waals surface area contributed by atoms with Gasteiger partial charge in [-0.25, -0.2) is 0 Å². The molecule has 4 atom stereocenters. The van der Waals surface area contributed by atoms with E-state index in [4.69, 9.17) is 87.4 Å². The van der Waals surface area contributed by atoms with Crippen molar-refractivity contribution in [1.82, 2.24) is 0 Å². The van der Waals surface area contributed by atoms with Gasteiger partial charge in [-0.15, -0.1) is 23.2 Å². The van der Waals surface area contributed by atoms with Crippen LogP contribution in [0.4, 0.5) is 0 Å². The van der Waals surface area contributed by atoms with Crippen LogP contribution in [0.1, 0.15) is 20.8 Å². The number of hydrogen-bond acceptors (Lipinski definition) is 5. The molecule has 1 aliphatic heterocycles. The van der Waals surface area contributed by atoms with Crippen LogP contribution >= 0.6 is 69.6 Å². The van der Waals surface area contributed by atoms with Crippen molar-refractivity contribution in [2.24, 2.45) is 11.8 Å². The van der Waals surface area contributed by atoms with E-state index in [9.17, 15) is 4.21 Å². The Morgan fingerprint density at radius 3 is 1.70 bits per heavy atom. The van der Waals surface area contributed by atoms with Gasteiger partial charge in [0.25, 0.3) is 0 Å². The van der Waals surface area contributed by atoms with Gasteiger partial charge in [0.05, 0.1) is 23.3 Å². The van der Waals surface area contributed by atoms with Gasteiger partial charge in [0.15, 0.2) is 10.6 Å². The number of hydrogen-bond donors (Lipinski definition) is 0. The fourth-order valence-electron chi connectivity index (χ4n) is 3.48. The Labute approximate surface area is 191 Å². The van der Waals surface area contributed by atoms with Crippen molar-refractivity contribution in [3.05, 3.63) is 10.1 Å². The molecule has 158 valence electrons. The Morgan fingerprint density at radius 2 is 1.37 bits per heavy atom. The van der Waals surface area contributed by atoms with Gasteiger partial charge in [-0.2, -0.15) is 4.21 Å². The Hall–Kier alpha value is 1.47. The SMILES string of the molecule is CCOC(C)OCC.O=S1OCC2C(CO1)C1(Cl)C(Cl)=C(Cl)C2(Cl)C1(Cl)Cl. The number of ether oxygens (including phenoxy) is 2. The maximum Gasteiger partial charge on any atom is 0.304 e. The standard InChI is InChI=1S/C9H6Cl6O3S.C6H14O2/c10-5-6(11)8(13)4-2-18-19(16)17-1-3(4)7(5,12)9(8,14)15;1-4-7-6(3)8-5-2/h3-4H,1-2H2;6H,4-5H2,1-3H3. The average Bonchev–Trinajstić information content (AvgIpc) is 2.77. The summed E-state index contributed by atoms with van der Waals surface area (Å²) in [5.74, 6) is -0.911. The molecular weight excluding hydrogens is 505 g/mol. The molecule has 0 aromatic carbocycles. The van der Waals surface area contributed by atoms with Crippen molar-refractivity contribution >= 4 is 81.0 Å². The molecule has 1 saturated carbocycles. The van der Waals surface area contributed by atoms with Crippen molar-refractivity contribution in [3.63, 3.8) is 0 Å². The van der Waals surface area contributed by atoms with Crippen molar-refractivity contribution in [2.45, 2.75) is 41.1 Å². The maximum absolute atomic E-state index is 11.3. The Balaban J connectivity index is 0.000000279. The number of rotatable bonds is 4. The van der Waals surface area contributed by atoms with Gasteiger partial charge in [0.2, 0.25) is 0 Å². The van der Waals surface area contributed by atoms with Gasteiger partial charge >= 0.3 is 11.4 Å². The first-order valence-corrected chi connectivity index (χ1v) is 11.5. The second-order valence-corrected chi connectivity index (χ2v) is 10.2. The summed E-state index contributed by atoms with van der Waals surface area (Å²) in [5, 5.41) is 0.210. The van der Waals surface area contributed by atoms with Crippen LogP contribution < -0.4 is 0 Å². The van der Waals surface area contributed by atoms with E-state index in [0.717, 1.165) is 13.2 Å². The lowest BCUT2D eigenvalue weighted by Crippen LogP contribution is -2.45. The topological polar surface area (TPSA) is 54.0 Å². The highest BCUT2D eigenvalue weighted by Crippen LogP contribution is 2.76. The molecule has 2 aliphatic carbocycles. The third-order valence-electron chi connectivity index (χ3n) is 4.74. The summed E-state index contributed by atoms with van der Waals surface area (Å²) >= 11 is 36.4. The molecule has 0 aromatic heterocycles. The van der Waals surface area contributed by atoms with Crippen LogP contribution in [0.2, 0.25) is 0 Å². The molecule has 27 heavy (non-hydrogen) atoms. The monoisotopic (exact) mass is 522 g/mol. The van der Waals surface area contributed by atoms with Crippen molar-refractivity contribution < 1.29 is 22.0 Å². The zero-order valence-corrected chi connectivity index (χ0v) is 20.1. The predicted octanol–water partition coefficient (Wildman–Crippen LogP) is 5.10. The molecule has 12 heteroatoms. The molecule has 0 N–H and O–H groups in total. The fourth-order valence-corrected chi connectivity index (χ4v) is 7.12. The molecule has 5 nitrogen and oxygen atoms in total. The first kappa shape index (κ1) is 24.7. The number of fused-ring (bicyclic) bond motifs is 5. The third kappa shape index (κ3) is 3.91. The maximum atomic E-state index is 11.3. The zero-order chi connectivity index (χ0) is 20.6. The summed E-state index contributed by atoms with van der Waals surface area (Å²) in [6.45, 7) is 7.27. The van der Waals surface area contributed by atoms with Crippen LogP contribution in [0.5, 0.6) is 0 Å². The molecule has 1 saturated heterocycles. The summed E-state index contributed by atoms with van der Waals surface area (Å²) in [6, 6.07) is 0. The van der Waals surface area contributed by atoms with Crippen molar-refractivity contribution in [3.8, 4) is 0 Å². The number of alkyl halides is 4. The zero-order valence-electron chi connectivity index (χ0n) is 14.8. The molecule has 2 fully saturated rings. The Kier molecular flexibility index (Phi) is 8.53. The third-order valence-corrected chi connectivity index (χ3v) is 9.75. The minimum Gasteiger partial charge on any atom is -0.353 e. The van der Waals surface area contributed by atoms with Crippen LogP contribution in [0, 0.1) is 11.8 Å². The summed E-state index contributed by atoms with van der Waals surface area (Å²) in [5.41, 5.74) is 0. The summed E-state index contributed by atoms with van der Waals surface area (Å²) in [4.78, 5) is -2.78. The number of halogens is 6. The lowest BCUT2D eigenvalue weighted by atomic mass is 9.83. The molecule has 4 unspecified atom stereocenters. The minimum absolute atomic E-state index is 0.0107. The van der Waals surface area contributed by atoms with E-state index in [1.807, 2.05) is 20.8 Å². The van der Waals surface area contributed by atoms with Crippen molar-refractivity contribution in [2.75, 3.05) is 26.4 Å². The minimum atomic E-state index is -1.86. The van der Waals surface area contributed by atoms with Crippen molar-refractivity contribution in [1.29, 1.82) is 0 Å². The molecule has 1 heterocycles. The molecule has 0 aromatic rings. The summed E-state index contributed by atoms with van der Waals surface area (Å²) < 4.78 is 29.9. The van der Waals surface area contributed by atoms with E-state index in [2.05, 4.69) is 0 Å². The van der Waals surface area contributed by atoms with Gasteiger partial charge in [0.1, 0.15) is 9.75 Å². The van der Waals surface area contributed by atoms with E-state index >= 15 is 0 Å².